The number of halogens is 2. The van der Waals surface area contributed by atoms with Gasteiger partial charge in [0, 0.05) is 34.3 Å². The number of carbonyl (C=O) groups is 1. The number of nitro groups is 1. The second-order valence-electron chi connectivity index (χ2n) is 10.9. The minimum atomic E-state index is -0.397. The van der Waals surface area contributed by atoms with E-state index in [0.717, 1.165) is 37.7 Å². The average Bonchev–Trinajstić information content (AvgIpc) is 3.45. The van der Waals surface area contributed by atoms with Crippen LogP contribution in [0.1, 0.15) is 50.5 Å². The van der Waals surface area contributed by atoms with Crippen molar-refractivity contribution in [2.24, 2.45) is 17.3 Å². The third-order valence-corrected chi connectivity index (χ3v) is 8.95. The number of anilines is 1. The normalized spacial score (nSPS) is 28.4. The number of aromatic nitrogens is 4. The van der Waals surface area contributed by atoms with Gasteiger partial charge in [-0.3, -0.25) is 24.3 Å². The van der Waals surface area contributed by atoms with Crippen molar-refractivity contribution in [3.05, 3.63) is 68.6 Å². The largest absolute Gasteiger partial charge is 0.309 e. The molecule has 2 heterocycles. The Kier molecular flexibility index (Phi) is 5.60. The number of rotatable bonds is 7. The lowest BCUT2D eigenvalue weighted by atomic mass is 9.46. The van der Waals surface area contributed by atoms with Crippen molar-refractivity contribution in [3.63, 3.8) is 0 Å². The predicted octanol–water partition coefficient (Wildman–Crippen LogP) is 5.67. The summed E-state index contributed by atoms with van der Waals surface area (Å²) in [6.45, 7) is 0.403. The molecular formula is C25H26Cl2N6O3. The first-order valence-corrected chi connectivity index (χ1v) is 12.9. The standard InChI is InChI=1S/C25H26Cl2N6O3/c26-20-2-1-3-21(27)19(20)14-31-5-4-22(30-31)29-23(34)11-24-7-16-6-17(8-24)10-25(9-16,15-24)32-13-18(12-28-32)33(35)36/h1-5,12-13,16-17H,6-11,14-15H2,(H,29,30,34). The van der Waals surface area contributed by atoms with Crippen LogP contribution in [0.4, 0.5) is 11.5 Å². The van der Waals surface area contributed by atoms with E-state index in [4.69, 9.17) is 23.2 Å². The van der Waals surface area contributed by atoms with Gasteiger partial charge in [0.1, 0.15) is 12.4 Å². The van der Waals surface area contributed by atoms with E-state index < -0.39 is 4.92 Å². The zero-order chi connectivity index (χ0) is 25.1. The molecule has 1 amide bonds. The van der Waals surface area contributed by atoms with E-state index >= 15 is 0 Å². The topological polar surface area (TPSA) is 108 Å². The molecule has 0 spiro atoms. The number of carbonyl (C=O) groups excluding carboxylic acids is 1. The Bertz CT molecular complexity index is 1320. The Morgan fingerprint density at radius 3 is 2.56 bits per heavy atom. The second-order valence-corrected chi connectivity index (χ2v) is 11.7. The zero-order valence-electron chi connectivity index (χ0n) is 19.6. The number of benzene rings is 1. The highest BCUT2D eigenvalue weighted by Gasteiger charge is 2.59. The Hall–Kier alpha value is -2.91. The fourth-order valence-corrected chi connectivity index (χ4v) is 7.95. The van der Waals surface area contributed by atoms with Crippen LogP contribution in [0.5, 0.6) is 0 Å². The van der Waals surface area contributed by atoms with Gasteiger partial charge in [0.05, 0.1) is 17.0 Å². The maximum Gasteiger partial charge on any atom is 0.307 e. The Balaban J connectivity index is 1.16. The van der Waals surface area contributed by atoms with Gasteiger partial charge in [0.15, 0.2) is 5.82 Å². The molecule has 188 valence electrons. The molecule has 4 aliphatic rings. The van der Waals surface area contributed by atoms with E-state index in [1.54, 1.807) is 41.3 Å². The van der Waals surface area contributed by atoms with E-state index in [9.17, 15) is 14.9 Å². The molecule has 3 aromatic rings. The summed E-state index contributed by atoms with van der Waals surface area (Å²) in [4.78, 5) is 24.0. The first-order chi connectivity index (χ1) is 17.2. The summed E-state index contributed by atoms with van der Waals surface area (Å²) >= 11 is 12.6. The van der Waals surface area contributed by atoms with Crippen LogP contribution in [0.3, 0.4) is 0 Å². The minimum absolute atomic E-state index is 0.0196. The van der Waals surface area contributed by atoms with Crippen molar-refractivity contribution < 1.29 is 9.72 Å². The molecule has 2 aromatic heterocycles. The predicted molar refractivity (Wildman–Crippen MR) is 135 cm³/mol. The summed E-state index contributed by atoms with van der Waals surface area (Å²) in [6, 6.07) is 7.14. The van der Waals surface area contributed by atoms with Gasteiger partial charge in [-0.25, -0.2) is 0 Å². The summed E-state index contributed by atoms with van der Waals surface area (Å²) in [5.41, 5.74) is 0.433. The molecule has 11 heteroatoms. The highest BCUT2D eigenvalue weighted by Crippen LogP contribution is 2.65. The summed E-state index contributed by atoms with van der Waals surface area (Å²) in [7, 11) is 0. The van der Waals surface area contributed by atoms with Crippen LogP contribution < -0.4 is 5.32 Å². The Labute approximate surface area is 217 Å². The molecular weight excluding hydrogens is 503 g/mol. The van der Waals surface area contributed by atoms with Gasteiger partial charge in [-0.05, 0) is 67.9 Å². The third-order valence-electron chi connectivity index (χ3n) is 8.24. The van der Waals surface area contributed by atoms with Gasteiger partial charge < -0.3 is 5.32 Å². The number of nitrogens with one attached hydrogen (secondary N) is 1. The van der Waals surface area contributed by atoms with Crippen molar-refractivity contribution in [1.29, 1.82) is 0 Å². The molecule has 0 radical (unpaired) electrons. The summed E-state index contributed by atoms with van der Waals surface area (Å²) in [5.74, 6) is 1.47. The molecule has 0 aliphatic heterocycles. The lowest BCUT2D eigenvalue weighted by molar-refractivity contribution is -0.385. The molecule has 4 bridgehead atoms. The van der Waals surface area contributed by atoms with Crippen LogP contribution in [0.15, 0.2) is 42.9 Å². The number of hydrogen-bond acceptors (Lipinski definition) is 5. The quantitative estimate of drug-likeness (QED) is 0.314. The van der Waals surface area contributed by atoms with E-state index in [-0.39, 0.29) is 22.5 Å². The van der Waals surface area contributed by atoms with Gasteiger partial charge in [0.2, 0.25) is 5.91 Å². The van der Waals surface area contributed by atoms with E-state index in [1.165, 1.54) is 12.6 Å². The van der Waals surface area contributed by atoms with Crippen molar-refractivity contribution in [1.82, 2.24) is 19.6 Å². The average molecular weight is 529 g/mol. The van der Waals surface area contributed by atoms with Gasteiger partial charge in [0.25, 0.3) is 0 Å². The highest BCUT2D eigenvalue weighted by atomic mass is 35.5. The molecule has 36 heavy (non-hydrogen) atoms. The van der Waals surface area contributed by atoms with Crippen molar-refractivity contribution in [2.75, 3.05) is 5.32 Å². The lowest BCUT2D eigenvalue weighted by Crippen LogP contribution is -2.57. The molecule has 4 fully saturated rings. The van der Waals surface area contributed by atoms with Crippen LogP contribution in [-0.4, -0.2) is 30.4 Å². The molecule has 0 saturated heterocycles. The van der Waals surface area contributed by atoms with Crippen LogP contribution >= 0.6 is 23.2 Å². The molecule has 2 unspecified atom stereocenters. The lowest BCUT2D eigenvalue weighted by Gasteiger charge is -2.61. The summed E-state index contributed by atoms with van der Waals surface area (Å²) < 4.78 is 3.53. The smallest absolute Gasteiger partial charge is 0.307 e. The van der Waals surface area contributed by atoms with Crippen molar-refractivity contribution >= 4 is 40.6 Å². The molecule has 9 nitrogen and oxygen atoms in total. The molecule has 4 saturated carbocycles. The van der Waals surface area contributed by atoms with Gasteiger partial charge >= 0.3 is 5.69 Å². The summed E-state index contributed by atoms with van der Waals surface area (Å²) in [5, 5.41) is 24.2. The van der Waals surface area contributed by atoms with E-state index in [0.29, 0.717) is 40.7 Å². The molecule has 4 aliphatic carbocycles. The van der Waals surface area contributed by atoms with Crippen LogP contribution in [-0.2, 0) is 16.9 Å². The number of amides is 1. The Morgan fingerprint density at radius 1 is 1.17 bits per heavy atom. The van der Waals surface area contributed by atoms with Crippen molar-refractivity contribution in [3.8, 4) is 0 Å². The molecule has 2 atom stereocenters. The molecule has 1 aromatic carbocycles. The second kappa shape index (κ2) is 8.59. The zero-order valence-corrected chi connectivity index (χ0v) is 21.1. The molecule has 1 N–H and O–H groups in total. The van der Waals surface area contributed by atoms with Crippen LogP contribution in [0, 0.1) is 27.4 Å². The van der Waals surface area contributed by atoms with Gasteiger partial charge in [-0.1, -0.05) is 29.3 Å². The third kappa shape index (κ3) is 4.18. The maximum absolute atomic E-state index is 13.2. The van der Waals surface area contributed by atoms with Crippen molar-refractivity contribution in [2.45, 2.75) is 57.0 Å². The number of hydrogen-bond donors (Lipinski definition) is 1. The monoisotopic (exact) mass is 528 g/mol. The SMILES string of the molecule is O=C(CC12CC3CC(C1)CC(n1cc([N+](=O)[O-])cn1)(C3)C2)Nc1ccn(Cc2c(Cl)cccc2Cl)n1. The first-order valence-electron chi connectivity index (χ1n) is 12.2. The fourth-order valence-electron chi connectivity index (χ4n) is 7.43. The van der Waals surface area contributed by atoms with E-state index in [2.05, 4.69) is 15.5 Å². The highest BCUT2D eigenvalue weighted by molar-refractivity contribution is 6.35. The van der Waals surface area contributed by atoms with Gasteiger partial charge in [-0.15, -0.1) is 0 Å². The van der Waals surface area contributed by atoms with Gasteiger partial charge in [-0.2, -0.15) is 10.2 Å². The number of nitrogens with zero attached hydrogens (tertiary/aromatic N) is 5. The minimum Gasteiger partial charge on any atom is -0.309 e. The molecule has 7 rings (SSSR count). The van der Waals surface area contributed by atoms with Crippen LogP contribution in [0.2, 0.25) is 10.0 Å². The van der Waals surface area contributed by atoms with Crippen LogP contribution in [0.25, 0.3) is 0 Å². The van der Waals surface area contributed by atoms with E-state index in [1.807, 2.05) is 4.68 Å². The maximum atomic E-state index is 13.2. The Morgan fingerprint density at radius 2 is 1.89 bits per heavy atom. The summed E-state index contributed by atoms with van der Waals surface area (Å²) in [6.07, 6.45) is 11.1. The first kappa shape index (κ1) is 23.5. The fraction of sp³-hybridized carbons (Fsp3) is 0.480.